The zero-order chi connectivity index (χ0) is 22.3. The number of carbonyl (C=O) groups excluding carboxylic acids is 1. The van der Waals surface area contributed by atoms with Crippen molar-refractivity contribution in [2.45, 2.75) is 19.5 Å². The maximum absolute atomic E-state index is 13.4. The van der Waals surface area contributed by atoms with Crippen LogP contribution >= 0.6 is 0 Å². The second-order valence-corrected chi connectivity index (χ2v) is 7.43. The van der Waals surface area contributed by atoms with E-state index in [1.807, 2.05) is 60.7 Å². The van der Waals surface area contributed by atoms with Crippen LogP contribution < -0.4 is 11.2 Å². The van der Waals surface area contributed by atoms with E-state index in [9.17, 15) is 14.4 Å². The molecular weight excluding hydrogens is 406 g/mol. The molecule has 0 saturated carbocycles. The summed E-state index contributed by atoms with van der Waals surface area (Å²) in [5.74, 6) is 0.0200. The van der Waals surface area contributed by atoms with E-state index >= 15 is 0 Å². The molecule has 32 heavy (non-hydrogen) atoms. The maximum Gasteiger partial charge on any atom is 0.328 e. The van der Waals surface area contributed by atoms with Crippen LogP contribution in [0.2, 0.25) is 0 Å². The number of hydrogen-bond donors (Lipinski definition) is 1. The number of hydrogen-bond acceptors (Lipinski definition) is 4. The third kappa shape index (κ3) is 4.95. The molecule has 2 aromatic heterocycles. The summed E-state index contributed by atoms with van der Waals surface area (Å²) in [4.78, 5) is 42.9. The predicted octanol–water partition coefficient (Wildman–Crippen LogP) is 3.06. The van der Waals surface area contributed by atoms with Gasteiger partial charge in [0, 0.05) is 19.3 Å². The Labute approximate surface area is 184 Å². The van der Waals surface area contributed by atoms with Gasteiger partial charge in [0.25, 0.3) is 11.5 Å². The van der Waals surface area contributed by atoms with E-state index in [1.165, 1.54) is 12.5 Å². The monoisotopic (exact) mass is 429 g/mol. The van der Waals surface area contributed by atoms with Gasteiger partial charge in [-0.1, -0.05) is 60.7 Å². The molecule has 0 saturated heterocycles. The van der Waals surface area contributed by atoms with Gasteiger partial charge in [-0.2, -0.15) is 0 Å². The van der Waals surface area contributed by atoms with Crippen molar-refractivity contribution in [3.8, 4) is 0 Å². The Kier molecular flexibility index (Phi) is 6.46. The van der Waals surface area contributed by atoms with Gasteiger partial charge in [0.05, 0.1) is 12.8 Å². The van der Waals surface area contributed by atoms with Gasteiger partial charge in [0.2, 0.25) is 0 Å². The van der Waals surface area contributed by atoms with Gasteiger partial charge in [-0.05, 0) is 29.7 Å². The second kappa shape index (κ2) is 9.78. The highest BCUT2D eigenvalue weighted by atomic mass is 16.3. The minimum absolute atomic E-state index is 0.0506. The Morgan fingerprint density at radius 1 is 0.906 bits per heavy atom. The lowest BCUT2D eigenvalue weighted by atomic mass is 10.1. The summed E-state index contributed by atoms with van der Waals surface area (Å²) >= 11 is 0. The number of nitrogens with zero attached hydrogens (tertiary/aromatic N) is 2. The van der Waals surface area contributed by atoms with Crippen LogP contribution in [0.3, 0.4) is 0 Å². The Bertz CT molecular complexity index is 1280. The van der Waals surface area contributed by atoms with E-state index < -0.39 is 17.2 Å². The van der Waals surface area contributed by atoms with Crippen LogP contribution in [0.25, 0.3) is 0 Å². The van der Waals surface area contributed by atoms with Gasteiger partial charge in [-0.3, -0.25) is 14.2 Å². The van der Waals surface area contributed by atoms with E-state index in [0.29, 0.717) is 25.3 Å². The molecule has 0 radical (unpaired) electrons. The summed E-state index contributed by atoms with van der Waals surface area (Å²) < 4.78 is 6.23. The van der Waals surface area contributed by atoms with Crippen molar-refractivity contribution in [1.82, 2.24) is 14.5 Å². The number of amides is 1. The topological polar surface area (TPSA) is 88.3 Å². The molecule has 1 N–H and O–H groups in total. The molecule has 1 amide bonds. The molecule has 7 nitrogen and oxygen atoms in total. The first kappa shape index (κ1) is 21.1. The lowest BCUT2D eigenvalue weighted by Crippen LogP contribution is -2.42. The van der Waals surface area contributed by atoms with Crippen molar-refractivity contribution in [3.05, 3.63) is 129 Å². The number of aromatic amines is 1. The zero-order valence-corrected chi connectivity index (χ0v) is 17.4. The molecule has 0 atom stereocenters. The Hall–Kier alpha value is -4.13. The van der Waals surface area contributed by atoms with Gasteiger partial charge in [0.1, 0.15) is 11.3 Å². The van der Waals surface area contributed by atoms with Crippen LogP contribution in [0.5, 0.6) is 0 Å². The maximum atomic E-state index is 13.4. The van der Waals surface area contributed by atoms with Crippen LogP contribution in [0.4, 0.5) is 0 Å². The summed E-state index contributed by atoms with van der Waals surface area (Å²) in [5.41, 5.74) is 0.722. The molecule has 2 heterocycles. The highest BCUT2D eigenvalue weighted by Gasteiger charge is 2.22. The lowest BCUT2D eigenvalue weighted by molar-refractivity contribution is 0.0742. The highest BCUT2D eigenvalue weighted by Crippen LogP contribution is 2.10. The van der Waals surface area contributed by atoms with E-state index in [-0.39, 0.29) is 12.1 Å². The fourth-order valence-electron chi connectivity index (χ4n) is 3.50. The largest absolute Gasteiger partial charge is 0.467 e. The van der Waals surface area contributed by atoms with Crippen molar-refractivity contribution in [2.75, 3.05) is 6.54 Å². The minimum atomic E-state index is -0.645. The smallest absolute Gasteiger partial charge is 0.328 e. The quantitative estimate of drug-likeness (QED) is 0.466. The standard InChI is InChI=1S/C25H23N3O4/c29-23(22-16-26-25(31)28(24(22)30)18-21-12-7-15-32-21)27(17-20-10-5-2-6-11-20)14-13-19-8-3-1-4-9-19/h1-12,15-16H,13-14,17-18H2,(H,26,31). The molecule has 0 aliphatic carbocycles. The van der Waals surface area contributed by atoms with Gasteiger partial charge < -0.3 is 14.3 Å². The number of furan rings is 1. The summed E-state index contributed by atoms with van der Waals surface area (Å²) in [5, 5.41) is 0. The normalized spacial score (nSPS) is 10.8. The number of nitrogens with one attached hydrogen (secondary N) is 1. The summed E-state index contributed by atoms with van der Waals surface area (Å²) in [6.45, 7) is 0.725. The number of rotatable bonds is 8. The molecule has 0 spiro atoms. The molecule has 4 aromatic rings. The lowest BCUT2D eigenvalue weighted by Gasteiger charge is -2.23. The van der Waals surface area contributed by atoms with Crippen molar-refractivity contribution in [2.24, 2.45) is 0 Å². The van der Waals surface area contributed by atoms with Gasteiger partial charge in [0.15, 0.2) is 0 Å². The van der Waals surface area contributed by atoms with Crippen molar-refractivity contribution >= 4 is 5.91 Å². The Balaban J connectivity index is 1.63. The fourth-order valence-corrected chi connectivity index (χ4v) is 3.50. The van der Waals surface area contributed by atoms with E-state index in [1.54, 1.807) is 17.0 Å². The first-order valence-corrected chi connectivity index (χ1v) is 10.3. The zero-order valence-electron chi connectivity index (χ0n) is 17.4. The molecule has 7 heteroatoms. The van der Waals surface area contributed by atoms with Crippen LogP contribution in [-0.2, 0) is 19.5 Å². The molecule has 0 fully saturated rings. The van der Waals surface area contributed by atoms with E-state index in [0.717, 1.165) is 15.7 Å². The highest BCUT2D eigenvalue weighted by molar-refractivity contribution is 5.93. The molecule has 0 aliphatic heterocycles. The molecule has 2 aromatic carbocycles. The molecule has 0 bridgehead atoms. The summed E-state index contributed by atoms with van der Waals surface area (Å²) in [7, 11) is 0. The van der Waals surface area contributed by atoms with Gasteiger partial charge in [-0.15, -0.1) is 0 Å². The first-order valence-electron chi connectivity index (χ1n) is 10.3. The number of benzene rings is 2. The molecule has 0 aliphatic rings. The van der Waals surface area contributed by atoms with Crippen LogP contribution in [0.15, 0.2) is 99.3 Å². The predicted molar refractivity (Wildman–Crippen MR) is 120 cm³/mol. The van der Waals surface area contributed by atoms with Gasteiger partial charge in [-0.25, -0.2) is 4.79 Å². The minimum Gasteiger partial charge on any atom is -0.467 e. The fraction of sp³-hybridized carbons (Fsp3) is 0.160. The molecule has 162 valence electrons. The van der Waals surface area contributed by atoms with Crippen molar-refractivity contribution in [3.63, 3.8) is 0 Å². The number of carbonyl (C=O) groups is 1. The molecular formula is C25H23N3O4. The first-order chi connectivity index (χ1) is 15.6. The van der Waals surface area contributed by atoms with Crippen LogP contribution in [-0.4, -0.2) is 26.9 Å². The third-order valence-corrected chi connectivity index (χ3v) is 5.20. The van der Waals surface area contributed by atoms with E-state index in [4.69, 9.17) is 4.42 Å². The SMILES string of the molecule is O=C(c1c[nH]c(=O)n(Cc2ccco2)c1=O)N(CCc1ccccc1)Cc1ccccc1. The van der Waals surface area contributed by atoms with Gasteiger partial charge >= 0.3 is 5.69 Å². The number of aromatic nitrogens is 2. The van der Waals surface area contributed by atoms with Crippen molar-refractivity contribution in [1.29, 1.82) is 0 Å². The Morgan fingerprint density at radius 2 is 1.59 bits per heavy atom. The average Bonchev–Trinajstić information content (AvgIpc) is 3.34. The third-order valence-electron chi connectivity index (χ3n) is 5.20. The summed E-state index contributed by atoms with van der Waals surface area (Å²) in [6, 6.07) is 22.8. The van der Waals surface area contributed by atoms with Crippen LogP contribution in [0.1, 0.15) is 27.2 Å². The average molecular weight is 429 g/mol. The second-order valence-electron chi connectivity index (χ2n) is 7.43. The van der Waals surface area contributed by atoms with Crippen LogP contribution in [0, 0.1) is 0 Å². The Morgan fingerprint density at radius 3 is 2.25 bits per heavy atom. The molecule has 4 rings (SSSR count). The summed E-state index contributed by atoms with van der Waals surface area (Å²) in [6.07, 6.45) is 3.31. The number of H-pyrrole nitrogens is 1. The van der Waals surface area contributed by atoms with E-state index in [2.05, 4.69) is 4.98 Å². The molecule has 0 unspecified atom stereocenters. The van der Waals surface area contributed by atoms with Crippen molar-refractivity contribution < 1.29 is 9.21 Å².